The zero-order valence-corrected chi connectivity index (χ0v) is 14.2. The predicted octanol–water partition coefficient (Wildman–Crippen LogP) is 4.18. The number of benzene rings is 2. The first-order valence-electron chi connectivity index (χ1n) is 6.92. The molecule has 0 aliphatic rings. The number of hydrogen-bond donors (Lipinski definition) is 1. The van der Waals surface area contributed by atoms with Gasteiger partial charge in [0.25, 0.3) is 5.91 Å². The number of carbonyl (C=O) groups excluding carboxylic acids is 1. The van der Waals surface area contributed by atoms with Crippen LogP contribution < -0.4 is 14.8 Å². The third-order valence-corrected chi connectivity index (χ3v) is 3.52. The molecule has 0 aliphatic heterocycles. The maximum Gasteiger partial charge on any atom is 0.573 e. The van der Waals surface area contributed by atoms with E-state index in [1.54, 1.807) is 0 Å². The molecule has 0 aromatic heterocycles. The van der Waals surface area contributed by atoms with Gasteiger partial charge < -0.3 is 14.8 Å². The molecule has 2 aromatic carbocycles. The monoisotopic (exact) mass is 421 g/mol. The normalized spacial score (nSPS) is 11.1. The predicted molar refractivity (Wildman–Crippen MR) is 84.6 cm³/mol. The molecule has 4 nitrogen and oxygen atoms in total. The van der Waals surface area contributed by atoms with E-state index in [-0.39, 0.29) is 18.9 Å². The molecule has 0 bridgehead atoms. The highest BCUT2D eigenvalue weighted by molar-refractivity contribution is 9.10. The van der Waals surface area contributed by atoms with E-state index in [4.69, 9.17) is 4.74 Å². The van der Waals surface area contributed by atoms with Crippen molar-refractivity contribution in [3.63, 3.8) is 0 Å². The van der Waals surface area contributed by atoms with Crippen LogP contribution in [-0.2, 0) is 11.3 Å². The molecule has 0 spiro atoms. The summed E-state index contributed by atoms with van der Waals surface area (Å²) in [4.78, 5) is 11.7. The Morgan fingerprint density at radius 3 is 2.40 bits per heavy atom. The molecular formula is C16H12BrF4NO3. The minimum atomic E-state index is -4.75. The maximum absolute atomic E-state index is 12.9. The van der Waals surface area contributed by atoms with E-state index in [0.717, 1.165) is 12.1 Å². The van der Waals surface area contributed by atoms with Crippen LogP contribution in [0.3, 0.4) is 0 Å². The van der Waals surface area contributed by atoms with E-state index in [1.807, 2.05) is 0 Å². The van der Waals surface area contributed by atoms with Gasteiger partial charge in [0.1, 0.15) is 17.3 Å². The number of nitrogens with one attached hydrogen (secondary N) is 1. The van der Waals surface area contributed by atoms with Gasteiger partial charge >= 0.3 is 6.36 Å². The Balaban J connectivity index is 1.79. The van der Waals surface area contributed by atoms with Crippen LogP contribution in [0, 0.1) is 5.82 Å². The second-order valence-electron chi connectivity index (χ2n) is 4.83. The van der Waals surface area contributed by atoms with Crippen molar-refractivity contribution in [1.29, 1.82) is 0 Å². The number of alkyl halides is 3. The molecule has 2 rings (SSSR count). The van der Waals surface area contributed by atoms with E-state index in [2.05, 4.69) is 26.0 Å². The van der Waals surface area contributed by atoms with Crippen molar-refractivity contribution >= 4 is 21.8 Å². The van der Waals surface area contributed by atoms with Crippen LogP contribution in [0.1, 0.15) is 5.56 Å². The van der Waals surface area contributed by atoms with Gasteiger partial charge in [0.05, 0.1) is 4.47 Å². The van der Waals surface area contributed by atoms with Gasteiger partial charge in [-0.05, 0) is 51.8 Å². The van der Waals surface area contributed by atoms with Gasteiger partial charge in [0, 0.05) is 6.54 Å². The minimum absolute atomic E-state index is 0.110. The Morgan fingerprint density at radius 2 is 1.80 bits per heavy atom. The Bertz CT molecular complexity index is 735. The molecule has 25 heavy (non-hydrogen) atoms. The fourth-order valence-electron chi connectivity index (χ4n) is 1.80. The fourth-order valence-corrected chi connectivity index (χ4v) is 2.26. The molecule has 134 valence electrons. The molecule has 9 heteroatoms. The van der Waals surface area contributed by atoms with E-state index in [0.29, 0.717) is 15.8 Å². The van der Waals surface area contributed by atoms with Crippen molar-refractivity contribution < 1.29 is 31.8 Å². The lowest BCUT2D eigenvalue weighted by atomic mass is 10.2. The van der Waals surface area contributed by atoms with Crippen LogP contribution in [0.5, 0.6) is 11.5 Å². The van der Waals surface area contributed by atoms with Crippen LogP contribution in [0.2, 0.25) is 0 Å². The van der Waals surface area contributed by atoms with Gasteiger partial charge in [-0.3, -0.25) is 4.79 Å². The standard InChI is InChI=1S/C16H12BrF4NO3/c17-13-7-11(18)3-6-14(13)24-9-15(23)22-8-10-1-4-12(5-2-10)25-16(19,20)21/h1-7H,8-9H2,(H,22,23). The van der Waals surface area contributed by atoms with Crippen molar-refractivity contribution in [2.24, 2.45) is 0 Å². The van der Waals surface area contributed by atoms with Gasteiger partial charge in [-0.25, -0.2) is 4.39 Å². The summed E-state index contributed by atoms with van der Waals surface area (Å²) in [5.41, 5.74) is 0.589. The lowest BCUT2D eigenvalue weighted by molar-refractivity contribution is -0.274. The minimum Gasteiger partial charge on any atom is -0.483 e. The van der Waals surface area contributed by atoms with Crippen molar-refractivity contribution in [1.82, 2.24) is 5.32 Å². The summed E-state index contributed by atoms with van der Waals surface area (Å²) in [6.07, 6.45) is -4.75. The van der Waals surface area contributed by atoms with Crippen LogP contribution in [-0.4, -0.2) is 18.9 Å². The molecule has 0 fully saturated rings. The molecule has 1 amide bonds. The summed E-state index contributed by atoms with van der Waals surface area (Å²) < 4.78 is 58.5. The molecule has 1 N–H and O–H groups in total. The highest BCUT2D eigenvalue weighted by Crippen LogP contribution is 2.25. The van der Waals surface area contributed by atoms with Crippen molar-refractivity contribution in [3.05, 3.63) is 58.3 Å². The molecular weight excluding hydrogens is 410 g/mol. The van der Waals surface area contributed by atoms with Gasteiger partial charge in [-0.15, -0.1) is 13.2 Å². The van der Waals surface area contributed by atoms with Gasteiger partial charge in [0.15, 0.2) is 6.61 Å². The average Bonchev–Trinajstić information content (AvgIpc) is 2.52. The largest absolute Gasteiger partial charge is 0.573 e. The molecule has 0 unspecified atom stereocenters. The van der Waals surface area contributed by atoms with E-state index >= 15 is 0 Å². The Labute approximate surface area is 148 Å². The fraction of sp³-hybridized carbons (Fsp3) is 0.188. The number of carbonyl (C=O) groups is 1. The number of halogens is 5. The molecule has 0 saturated carbocycles. The Kier molecular flexibility index (Phi) is 6.24. The highest BCUT2D eigenvalue weighted by Gasteiger charge is 2.30. The quantitative estimate of drug-likeness (QED) is 0.711. The number of rotatable bonds is 6. The number of amides is 1. The zero-order chi connectivity index (χ0) is 18.4. The average molecular weight is 422 g/mol. The summed E-state index contributed by atoms with van der Waals surface area (Å²) in [6, 6.07) is 8.90. The number of ether oxygens (including phenoxy) is 2. The maximum atomic E-state index is 12.9. The van der Waals surface area contributed by atoms with Gasteiger partial charge in [0.2, 0.25) is 0 Å². The molecule has 0 heterocycles. The molecule has 0 aliphatic carbocycles. The second-order valence-corrected chi connectivity index (χ2v) is 5.69. The van der Waals surface area contributed by atoms with E-state index < -0.39 is 18.1 Å². The van der Waals surface area contributed by atoms with Crippen LogP contribution >= 0.6 is 15.9 Å². The molecule has 0 radical (unpaired) electrons. The van der Waals surface area contributed by atoms with Crippen molar-refractivity contribution in [2.75, 3.05) is 6.61 Å². The van der Waals surface area contributed by atoms with Gasteiger partial charge in [-0.2, -0.15) is 0 Å². The molecule has 0 atom stereocenters. The summed E-state index contributed by atoms with van der Waals surface area (Å²) >= 11 is 3.11. The zero-order valence-electron chi connectivity index (χ0n) is 12.6. The smallest absolute Gasteiger partial charge is 0.483 e. The summed E-state index contributed by atoms with van der Waals surface area (Å²) in [5, 5.41) is 2.55. The van der Waals surface area contributed by atoms with E-state index in [9.17, 15) is 22.4 Å². The summed E-state index contributed by atoms with van der Waals surface area (Å²) in [7, 11) is 0. The third-order valence-electron chi connectivity index (χ3n) is 2.90. The summed E-state index contributed by atoms with van der Waals surface area (Å²) in [6.45, 7) is -0.182. The summed E-state index contributed by atoms with van der Waals surface area (Å²) in [5.74, 6) is -0.911. The van der Waals surface area contributed by atoms with Crippen LogP contribution in [0.25, 0.3) is 0 Å². The Morgan fingerprint density at radius 1 is 1.12 bits per heavy atom. The lowest BCUT2D eigenvalue weighted by Crippen LogP contribution is -2.28. The number of hydrogen-bond acceptors (Lipinski definition) is 3. The SMILES string of the molecule is O=C(COc1ccc(F)cc1Br)NCc1ccc(OC(F)(F)F)cc1. The molecule has 2 aromatic rings. The lowest BCUT2D eigenvalue weighted by Gasteiger charge is -2.10. The van der Waals surface area contributed by atoms with Crippen LogP contribution in [0.4, 0.5) is 17.6 Å². The van der Waals surface area contributed by atoms with Crippen molar-refractivity contribution in [2.45, 2.75) is 12.9 Å². The molecule has 0 saturated heterocycles. The first-order chi connectivity index (χ1) is 11.7. The van der Waals surface area contributed by atoms with Crippen LogP contribution in [0.15, 0.2) is 46.9 Å². The first kappa shape index (κ1) is 19.0. The first-order valence-corrected chi connectivity index (χ1v) is 7.71. The Hall–Kier alpha value is -2.29. The second kappa shape index (κ2) is 8.19. The third kappa shape index (κ3) is 6.61. The van der Waals surface area contributed by atoms with E-state index in [1.165, 1.54) is 30.3 Å². The topological polar surface area (TPSA) is 47.6 Å². The highest BCUT2D eigenvalue weighted by atomic mass is 79.9. The van der Waals surface area contributed by atoms with Crippen molar-refractivity contribution in [3.8, 4) is 11.5 Å². The van der Waals surface area contributed by atoms with Gasteiger partial charge in [-0.1, -0.05) is 12.1 Å².